The zero-order valence-electron chi connectivity index (χ0n) is 11.9. The van der Waals surface area contributed by atoms with E-state index < -0.39 is 13.0 Å². The summed E-state index contributed by atoms with van der Waals surface area (Å²) in [5.41, 5.74) is 22.1. The highest BCUT2D eigenvalue weighted by molar-refractivity contribution is 8.11. The molecular formula is C8H25N7O2P2S2. The third-order valence-corrected chi connectivity index (χ3v) is 5.56. The summed E-state index contributed by atoms with van der Waals surface area (Å²) in [7, 11) is 0. The van der Waals surface area contributed by atoms with Gasteiger partial charge in [-0.3, -0.25) is 22.0 Å². The molecular weight excluding hydrogens is 352 g/mol. The van der Waals surface area contributed by atoms with Crippen molar-refractivity contribution in [1.82, 2.24) is 14.9 Å². The highest BCUT2D eigenvalue weighted by Gasteiger charge is 2.18. The van der Waals surface area contributed by atoms with Gasteiger partial charge < -0.3 is 9.47 Å². The second-order valence-corrected chi connectivity index (χ2v) is 11.7. The average molecular weight is 377 g/mol. The van der Waals surface area contributed by atoms with Crippen LogP contribution in [0.5, 0.6) is 0 Å². The molecule has 0 aromatic heterocycles. The number of nitrogens with zero attached hydrogens (tertiary/aromatic N) is 2. The minimum Gasteiger partial charge on any atom is -0.379 e. The standard InChI is InChI=1S/C4H13N4OPS.C4H12N3OPS/c5-10(6,11)7-8-1-3-9-4-2-8;5-9(6,10)7-1-3-8-4-2-7/h1-4H2,(H5,5,6,7,11);1-4H2,(H4,5,6,10). The van der Waals surface area contributed by atoms with Gasteiger partial charge in [-0.1, -0.05) is 0 Å². The molecule has 13 heteroatoms. The van der Waals surface area contributed by atoms with E-state index in [-0.39, 0.29) is 0 Å². The molecule has 0 aromatic rings. The van der Waals surface area contributed by atoms with Crippen LogP contribution in [0.1, 0.15) is 0 Å². The third-order valence-electron chi connectivity index (χ3n) is 2.74. The van der Waals surface area contributed by atoms with E-state index in [9.17, 15) is 0 Å². The number of hydrogen-bond donors (Lipinski definition) is 5. The highest BCUT2D eigenvalue weighted by Crippen LogP contribution is 2.31. The first-order chi connectivity index (χ1) is 9.68. The van der Waals surface area contributed by atoms with E-state index in [0.29, 0.717) is 26.4 Å². The molecule has 2 saturated heterocycles. The second-order valence-electron chi connectivity index (χ2n) is 4.65. The van der Waals surface area contributed by atoms with Crippen molar-refractivity contribution in [2.75, 3.05) is 52.6 Å². The van der Waals surface area contributed by atoms with Crippen LogP contribution in [-0.4, -0.2) is 62.3 Å². The largest absolute Gasteiger partial charge is 0.379 e. The quantitative estimate of drug-likeness (QED) is 0.364. The van der Waals surface area contributed by atoms with E-state index in [0.717, 1.165) is 26.2 Å². The van der Waals surface area contributed by atoms with Crippen LogP contribution in [0.2, 0.25) is 0 Å². The Morgan fingerprint density at radius 2 is 1.24 bits per heavy atom. The number of ether oxygens (including phenoxy) is 2. The van der Waals surface area contributed by atoms with Crippen LogP contribution in [0.15, 0.2) is 0 Å². The van der Waals surface area contributed by atoms with E-state index in [4.69, 9.17) is 55.1 Å². The molecule has 0 aromatic carbocycles. The summed E-state index contributed by atoms with van der Waals surface area (Å²) in [5, 5.41) is 4.81. The fourth-order valence-corrected chi connectivity index (χ4v) is 4.02. The molecule has 0 amide bonds. The van der Waals surface area contributed by atoms with Gasteiger partial charge in [0.05, 0.1) is 26.4 Å². The molecule has 0 atom stereocenters. The summed E-state index contributed by atoms with van der Waals surface area (Å²) in [5.74, 6) is 0. The van der Waals surface area contributed by atoms with Gasteiger partial charge in [0.15, 0.2) is 0 Å². The Hall–Kier alpha value is 0.940. The van der Waals surface area contributed by atoms with Crippen molar-refractivity contribution in [3.8, 4) is 0 Å². The van der Waals surface area contributed by atoms with Gasteiger partial charge in [0.1, 0.15) is 13.0 Å². The Balaban J connectivity index is 0.000000211. The lowest BCUT2D eigenvalue weighted by atomic mass is 10.5. The molecule has 2 heterocycles. The van der Waals surface area contributed by atoms with Crippen LogP contribution >= 0.6 is 13.0 Å². The number of hydrazine groups is 1. The fourth-order valence-electron chi connectivity index (χ4n) is 1.75. The van der Waals surface area contributed by atoms with Gasteiger partial charge in [0.25, 0.3) is 0 Å². The van der Waals surface area contributed by atoms with Crippen LogP contribution in [0.25, 0.3) is 0 Å². The van der Waals surface area contributed by atoms with Crippen LogP contribution in [0, 0.1) is 0 Å². The van der Waals surface area contributed by atoms with Crippen molar-refractivity contribution >= 4 is 36.6 Å². The van der Waals surface area contributed by atoms with Gasteiger partial charge in [0.2, 0.25) is 0 Å². The summed E-state index contributed by atoms with van der Waals surface area (Å²) in [6.45, 7) is 1.55. The molecule has 0 radical (unpaired) electrons. The maximum absolute atomic E-state index is 5.58. The number of rotatable bonds is 3. The Morgan fingerprint density at radius 1 is 0.810 bits per heavy atom. The molecule has 0 spiro atoms. The number of morpholine rings is 2. The molecule has 2 rings (SSSR count). The zero-order valence-corrected chi connectivity index (χ0v) is 15.3. The van der Waals surface area contributed by atoms with Crippen molar-refractivity contribution in [2.45, 2.75) is 0 Å². The van der Waals surface area contributed by atoms with Gasteiger partial charge in [-0.15, -0.1) is 0 Å². The van der Waals surface area contributed by atoms with Crippen molar-refractivity contribution in [3.63, 3.8) is 0 Å². The zero-order chi connectivity index (χ0) is 15.9. The maximum Gasteiger partial charge on any atom is 0.145 e. The van der Waals surface area contributed by atoms with Crippen molar-refractivity contribution < 1.29 is 9.47 Å². The van der Waals surface area contributed by atoms with E-state index in [1.165, 1.54) is 0 Å². The smallest absolute Gasteiger partial charge is 0.145 e. The van der Waals surface area contributed by atoms with Crippen molar-refractivity contribution in [2.24, 2.45) is 22.0 Å². The Kier molecular flexibility index (Phi) is 8.84. The number of nitrogens with one attached hydrogen (secondary N) is 1. The molecule has 0 saturated carbocycles. The van der Waals surface area contributed by atoms with Crippen LogP contribution in [-0.2, 0) is 33.1 Å². The minimum atomic E-state index is -2.28. The van der Waals surface area contributed by atoms with E-state index >= 15 is 0 Å². The highest BCUT2D eigenvalue weighted by atomic mass is 32.5. The van der Waals surface area contributed by atoms with Crippen LogP contribution < -0.4 is 27.2 Å². The maximum atomic E-state index is 5.58. The number of hydrogen-bond acceptors (Lipinski definition) is 5. The summed E-state index contributed by atoms with van der Waals surface area (Å²) in [6.07, 6.45) is 0. The molecule has 2 aliphatic heterocycles. The molecule has 9 N–H and O–H groups in total. The van der Waals surface area contributed by atoms with Crippen molar-refractivity contribution in [1.29, 1.82) is 0 Å². The van der Waals surface area contributed by atoms with Gasteiger partial charge in [-0.2, -0.15) is 0 Å². The lowest BCUT2D eigenvalue weighted by molar-refractivity contribution is 0.0277. The summed E-state index contributed by atoms with van der Waals surface area (Å²) < 4.78 is 12.2. The number of nitrogens with two attached hydrogens (primary N) is 4. The predicted octanol–water partition coefficient (Wildman–Crippen LogP) is -1.57. The average Bonchev–Trinajstić information content (AvgIpc) is 2.39. The second kappa shape index (κ2) is 9.29. The molecule has 9 nitrogen and oxygen atoms in total. The van der Waals surface area contributed by atoms with Gasteiger partial charge >= 0.3 is 0 Å². The molecule has 0 unspecified atom stereocenters. The van der Waals surface area contributed by atoms with Crippen LogP contribution in [0.4, 0.5) is 0 Å². The Bertz CT molecular complexity index is 392. The van der Waals surface area contributed by atoms with Gasteiger partial charge in [0, 0.05) is 26.2 Å². The topological polar surface area (TPSA) is 141 Å². The van der Waals surface area contributed by atoms with Gasteiger partial charge in [-0.25, -0.2) is 14.9 Å². The molecule has 0 bridgehead atoms. The van der Waals surface area contributed by atoms with Crippen LogP contribution in [0.3, 0.4) is 0 Å². The van der Waals surface area contributed by atoms with Gasteiger partial charge in [-0.05, 0) is 23.6 Å². The fraction of sp³-hybridized carbons (Fsp3) is 1.00. The molecule has 2 aliphatic rings. The SMILES string of the molecule is NP(N)(=S)N1CCOCC1.NP(N)(=S)NN1CCOCC1. The first-order valence-electron chi connectivity index (χ1n) is 6.46. The Morgan fingerprint density at radius 3 is 1.57 bits per heavy atom. The lowest BCUT2D eigenvalue weighted by Crippen LogP contribution is -2.46. The molecule has 2 fully saturated rings. The first-order valence-corrected chi connectivity index (χ1v) is 12.3. The third kappa shape index (κ3) is 9.62. The monoisotopic (exact) mass is 377 g/mol. The summed E-state index contributed by atoms with van der Waals surface area (Å²) >= 11 is 9.78. The van der Waals surface area contributed by atoms with E-state index in [2.05, 4.69) is 5.20 Å². The summed E-state index contributed by atoms with van der Waals surface area (Å²) in [6, 6.07) is 0. The molecule has 21 heavy (non-hydrogen) atoms. The van der Waals surface area contributed by atoms with E-state index in [1.54, 1.807) is 0 Å². The summed E-state index contributed by atoms with van der Waals surface area (Å²) in [4.78, 5) is 0. The first kappa shape index (κ1) is 20.0. The van der Waals surface area contributed by atoms with Crippen molar-refractivity contribution in [3.05, 3.63) is 0 Å². The minimum absolute atomic E-state index is 0.701. The normalized spacial score (nSPS) is 22.5. The molecule has 126 valence electrons. The lowest BCUT2D eigenvalue weighted by Gasteiger charge is -2.31. The van der Waals surface area contributed by atoms with E-state index in [1.807, 2.05) is 9.68 Å². The molecule has 0 aliphatic carbocycles. The predicted molar refractivity (Wildman–Crippen MR) is 93.2 cm³/mol. The Labute approximate surface area is 135 Å².